The molecule has 1 spiro atoms. The van der Waals surface area contributed by atoms with Crippen molar-refractivity contribution in [2.45, 2.75) is 51.2 Å². The Labute approximate surface area is 177 Å². The first-order chi connectivity index (χ1) is 14.6. The van der Waals surface area contributed by atoms with E-state index < -0.39 is 0 Å². The van der Waals surface area contributed by atoms with Gasteiger partial charge < -0.3 is 14.0 Å². The first-order valence-corrected chi connectivity index (χ1v) is 11.3. The first-order valence-electron chi connectivity index (χ1n) is 11.3. The van der Waals surface area contributed by atoms with Crippen molar-refractivity contribution in [1.82, 2.24) is 9.55 Å². The van der Waals surface area contributed by atoms with Crippen LogP contribution in [0.5, 0.6) is 0 Å². The normalized spacial score (nSPS) is 33.5. The number of fused-ring (bicyclic) bond motifs is 1. The van der Waals surface area contributed by atoms with E-state index in [0.29, 0.717) is 11.8 Å². The molecular formula is C25H29FN2O2. The quantitative estimate of drug-likeness (QED) is 0.695. The molecule has 0 amide bonds. The molecule has 4 heterocycles. The van der Waals surface area contributed by atoms with Gasteiger partial charge in [-0.15, -0.1) is 0 Å². The van der Waals surface area contributed by atoms with Gasteiger partial charge in [-0.3, -0.25) is 0 Å². The Hall–Kier alpha value is -1.98. The number of hydrogen-bond acceptors (Lipinski definition) is 3. The molecule has 30 heavy (non-hydrogen) atoms. The topological polar surface area (TPSA) is 36.3 Å². The largest absolute Gasteiger partial charge is 0.381 e. The van der Waals surface area contributed by atoms with Gasteiger partial charge in [0.15, 0.2) is 0 Å². The highest BCUT2D eigenvalue weighted by molar-refractivity contribution is 5.72. The van der Waals surface area contributed by atoms with Crippen LogP contribution in [0.1, 0.15) is 44.7 Å². The molecule has 4 aliphatic rings. The summed E-state index contributed by atoms with van der Waals surface area (Å²) in [5.41, 5.74) is 4.62. The van der Waals surface area contributed by atoms with Crippen molar-refractivity contribution in [1.29, 1.82) is 0 Å². The minimum atomic E-state index is -0.213. The van der Waals surface area contributed by atoms with E-state index in [1.165, 1.54) is 30.5 Å². The minimum absolute atomic E-state index is 0.0683. The molecule has 1 aromatic heterocycles. The van der Waals surface area contributed by atoms with Crippen molar-refractivity contribution in [3.63, 3.8) is 0 Å². The highest BCUT2D eigenvalue weighted by atomic mass is 19.1. The van der Waals surface area contributed by atoms with E-state index in [1.807, 2.05) is 18.5 Å². The lowest BCUT2D eigenvalue weighted by Crippen LogP contribution is -2.50. The maximum absolute atomic E-state index is 13.4. The SMILES string of the molecule is C[C@@]1(C2CCOCC2)OC[C@]23Cn4cnc(-c5ccc(F)cc5)c4C=C2CCC[C@@H]31. The molecule has 1 saturated carbocycles. The van der Waals surface area contributed by atoms with Crippen LogP contribution in [0.3, 0.4) is 0 Å². The maximum atomic E-state index is 13.4. The van der Waals surface area contributed by atoms with Gasteiger partial charge in [0.25, 0.3) is 0 Å². The third kappa shape index (κ3) is 2.61. The Morgan fingerprint density at radius 3 is 2.73 bits per heavy atom. The molecule has 6 rings (SSSR count). The number of imidazole rings is 1. The number of hydrogen-bond donors (Lipinski definition) is 0. The Morgan fingerprint density at radius 1 is 1.13 bits per heavy atom. The van der Waals surface area contributed by atoms with Crippen molar-refractivity contribution in [2.75, 3.05) is 19.8 Å². The number of halogens is 1. The third-order valence-corrected chi connectivity index (χ3v) is 8.37. The average Bonchev–Trinajstić information content (AvgIpc) is 3.32. The fraction of sp³-hybridized carbons (Fsp3) is 0.560. The second kappa shape index (κ2) is 6.76. The summed E-state index contributed by atoms with van der Waals surface area (Å²) in [6, 6.07) is 6.68. The predicted molar refractivity (Wildman–Crippen MR) is 113 cm³/mol. The zero-order chi connectivity index (χ0) is 20.3. The van der Waals surface area contributed by atoms with Gasteiger partial charge in [0.1, 0.15) is 5.82 Å². The molecule has 158 valence electrons. The molecule has 1 aromatic carbocycles. The maximum Gasteiger partial charge on any atom is 0.123 e. The van der Waals surface area contributed by atoms with Crippen molar-refractivity contribution in [3.05, 3.63) is 47.7 Å². The highest BCUT2D eigenvalue weighted by Gasteiger charge is 2.61. The fourth-order valence-electron chi connectivity index (χ4n) is 6.77. The van der Waals surface area contributed by atoms with Gasteiger partial charge in [0.2, 0.25) is 0 Å². The molecule has 0 N–H and O–H groups in total. The molecule has 1 aliphatic carbocycles. The van der Waals surface area contributed by atoms with Crippen LogP contribution in [0.25, 0.3) is 17.3 Å². The van der Waals surface area contributed by atoms with Gasteiger partial charge in [-0.1, -0.05) is 5.57 Å². The van der Waals surface area contributed by atoms with E-state index in [0.717, 1.165) is 62.6 Å². The van der Waals surface area contributed by atoms with E-state index in [2.05, 4.69) is 17.6 Å². The lowest BCUT2D eigenvalue weighted by atomic mass is 9.56. The molecule has 3 atom stereocenters. The van der Waals surface area contributed by atoms with Crippen molar-refractivity contribution in [3.8, 4) is 11.3 Å². The van der Waals surface area contributed by atoms with E-state index in [9.17, 15) is 4.39 Å². The van der Waals surface area contributed by atoms with Crippen molar-refractivity contribution < 1.29 is 13.9 Å². The number of aromatic nitrogens is 2. The van der Waals surface area contributed by atoms with Crippen LogP contribution >= 0.6 is 0 Å². The summed E-state index contributed by atoms with van der Waals surface area (Å²) in [6.07, 6.45) is 10.1. The summed E-state index contributed by atoms with van der Waals surface area (Å²) >= 11 is 0. The Bertz CT molecular complexity index is 991. The molecule has 2 saturated heterocycles. The minimum Gasteiger partial charge on any atom is -0.381 e. The summed E-state index contributed by atoms with van der Waals surface area (Å²) in [7, 11) is 0. The van der Waals surface area contributed by atoms with Crippen molar-refractivity contribution in [2.24, 2.45) is 17.3 Å². The van der Waals surface area contributed by atoms with Crippen LogP contribution < -0.4 is 0 Å². The summed E-state index contributed by atoms with van der Waals surface area (Å²) in [5.74, 6) is 0.904. The van der Waals surface area contributed by atoms with Gasteiger partial charge in [-0.05, 0) is 75.3 Å². The van der Waals surface area contributed by atoms with Crippen molar-refractivity contribution >= 4 is 6.08 Å². The Kier molecular flexibility index (Phi) is 4.23. The van der Waals surface area contributed by atoms with Crippen LogP contribution in [0.15, 0.2) is 36.2 Å². The predicted octanol–water partition coefficient (Wildman–Crippen LogP) is 5.09. The standard InChI is InChI=1S/C25H29FN2O2/c1-24(18-9-11-29-12-10-18)22-4-2-3-19-13-21-23(17-5-7-20(26)8-6-17)27-16-28(21)14-25(19,22)15-30-24/h5-8,13,16,18,22H,2-4,9-12,14-15H2,1H3/t22-,24+,25-/m1/s1. The first kappa shape index (κ1) is 18.8. The molecular weight excluding hydrogens is 379 g/mol. The molecule has 3 aliphatic heterocycles. The van der Waals surface area contributed by atoms with Crippen LogP contribution in [-0.4, -0.2) is 35.0 Å². The number of ether oxygens (including phenoxy) is 2. The molecule has 0 unspecified atom stereocenters. The Balaban J connectivity index is 1.39. The molecule has 2 aromatic rings. The van der Waals surface area contributed by atoms with Crippen LogP contribution in [-0.2, 0) is 16.0 Å². The van der Waals surface area contributed by atoms with E-state index in [1.54, 1.807) is 0 Å². The highest BCUT2D eigenvalue weighted by Crippen LogP contribution is 2.61. The summed E-state index contributed by atoms with van der Waals surface area (Å²) in [5, 5.41) is 0. The molecule has 4 nitrogen and oxygen atoms in total. The van der Waals surface area contributed by atoms with Gasteiger partial charge in [0.05, 0.1) is 29.9 Å². The molecule has 3 fully saturated rings. The second-order valence-electron chi connectivity index (χ2n) is 9.74. The Morgan fingerprint density at radius 2 is 1.93 bits per heavy atom. The smallest absolute Gasteiger partial charge is 0.123 e. The number of rotatable bonds is 2. The molecule has 0 radical (unpaired) electrons. The van der Waals surface area contributed by atoms with Gasteiger partial charge in [-0.25, -0.2) is 9.37 Å². The monoisotopic (exact) mass is 408 g/mol. The van der Waals surface area contributed by atoms with Crippen LogP contribution in [0, 0.1) is 23.1 Å². The summed E-state index contributed by atoms with van der Waals surface area (Å²) < 4.78 is 28.1. The van der Waals surface area contributed by atoms with Gasteiger partial charge >= 0.3 is 0 Å². The molecule has 0 bridgehead atoms. The second-order valence-corrected chi connectivity index (χ2v) is 9.74. The van der Waals surface area contributed by atoms with E-state index in [-0.39, 0.29) is 16.8 Å². The molecule has 5 heteroatoms. The van der Waals surface area contributed by atoms with Crippen LogP contribution in [0.4, 0.5) is 4.39 Å². The van der Waals surface area contributed by atoms with Gasteiger partial charge in [-0.2, -0.15) is 0 Å². The fourth-order valence-corrected chi connectivity index (χ4v) is 6.77. The lowest BCUT2D eigenvalue weighted by Gasteiger charge is -2.49. The third-order valence-electron chi connectivity index (χ3n) is 8.37. The lowest BCUT2D eigenvalue weighted by molar-refractivity contribution is -0.0911. The van der Waals surface area contributed by atoms with Gasteiger partial charge in [0, 0.05) is 36.7 Å². The zero-order valence-corrected chi connectivity index (χ0v) is 17.6. The number of nitrogens with zero attached hydrogens (tertiary/aromatic N) is 2. The summed E-state index contributed by atoms with van der Waals surface area (Å²) in [4.78, 5) is 4.73. The zero-order valence-electron chi connectivity index (χ0n) is 17.6. The number of benzene rings is 1. The summed E-state index contributed by atoms with van der Waals surface area (Å²) in [6.45, 7) is 5.84. The van der Waals surface area contributed by atoms with E-state index >= 15 is 0 Å². The van der Waals surface area contributed by atoms with Crippen LogP contribution in [0.2, 0.25) is 0 Å². The average molecular weight is 409 g/mol. The van der Waals surface area contributed by atoms with E-state index in [4.69, 9.17) is 14.5 Å².